The largest absolute Gasteiger partial charge is 0.475 e. The molecule has 2 aromatic carbocycles. The van der Waals surface area contributed by atoms with Crippen LogP contribution >= 0.6 is 11.8 Å². The van der Waals surface area contributed by atoms with Crippen molar-refractivity contribution >= 4 is 41.4 Å². The van der Waals surface area contributed by atoms with Gasteiger partial charge in [0.25, 0.3) is 5.78 Å². The molecule has 1 aliphatic heterocycles. The van der Waals surface area contributed by atoms with Crippen molar-refractivity contribution < 1.29 is 33.8 Å². The Balaban J connectivity index is 1.67. The SMILES string of the molecule is CCN(C(=O)OCc1ccccc1)[C@@H](C)C(=O)N1CSC[C@H]1C(=O)N[C@@H](Cc1ccccc1)C(=O)C(=O)O. The van der Waals surface area contributed by atoms with Crippen LogP contribution in [0, 0.1) is 0 Å². The average Bonchev–Trinajstić information content (AvgIpc) is 3.42. The Morgan fingerprint density at radius 1 is 1.05 bits per heavy atom. The quantitative estimate of drug-likeness (QED) is 0.414. The molecule has 3 atom stereocenters. The summed E-state index contributed by atoms with van der Waals surface area (Å²) in [4.78, 5) is 65.7. The molecule has 2 N–H and O–H groups in total. The van der Waals surface area contributed by atoms with Gasteiger partial charge in [-0.2, -0.15) is 0 Å². The molecule has 0 spiro atoms. The smallest absolute Gasteiger partial charge is 0.410 e. The number of carbonyl (C=O) groups is 5. The molecule has 1 aliphatic rings. The first-order valence-corrected chi connectivity index (χ1v) is 13.3. The Hall–Kier alpha value is -3.86. The molecule has 0 bridgehead atoms. The summed E-state index contributed by atoms with van der Waals surface area (Å²) < 4.78 is 5.39. The van der Waals surface area contributed by atoms with E-state index in [-0.39, 0.29) is 31.2 Å². The first kappa shape index (κ1) is 28.7. The van der Waals surface area contributed by atoms with E-state index >= 15 is 0 Å². The molecule has 0 unspecified atom stereocenters. The van der Waals surface area contributed by atoms with Crippen molar-refractivity contribution in [3.8, 4) is 0 Å². The van der Waals surface area contributed by atoms with E-state index in [9.17, 15) is 29.1 Å². The van der Waals surface area contributed by atoms with Crippen molar-refractivity contribution in [1.82, 2.24) is 15.1 Å². The monoisotopic (exact) mass is 541 g/mol. The maximum atomic E-state index is 13.4. The third-order valence-corrected chi connectivity index (χ3v) is 7.21. The lowest BCUT2D eigenvalue weighted by Crippen LogP contribution is -2.56. The summed E-state index contributed by atoms with van der Waals surface area (Å²) in [6.07, 6.45) is -0.654. The number of Topliss-reactive ketones (excluding diaryl/α,β-unsaturated/α-hetero) is 1. The van der Waals surface area contributed by atoms with Gasteiger partial charge in [0.15, 0.2) is 0 Å². The van der Waals surface area contributed by atoms with E-state index in [4.69, 9.17) is 4.74 Å². The number of carbonyl (C=O) groups excluding carboxylic acids is 4. The van der Waals surface area contributed by atoms with Gasteiger partial charge in [0.2, 0.25) is 11.8 Å². The van der Waals surface area contributed by atoms with Gasteiger partial charge in [-0.1, -0.05) is 60.7 Å². The lowest BCUT2D eigenvalue weighted by Gasteiger charge is -2.32. The van der Waals surface area contributed by atoms with Gasteiger partial charge in [0.05, 0.1) is 5.88 Å². The van der Waals surface area contributed by atoms with Crippen molar-refractivity contribution in [2.75, 3.05) is 18.2 Å². The molecule has 11 heteroatoms. The lowest BCUT2D eigenvalue weighted by atomic mass is 10.0. The highest BCUT2D eigenvalue weighted by Crippen LogP contribution is 2.23. The fraction of sp³-hybridized carbons (Fsp3) is 0.370. The maximum Gasteiger partial charge on any atom is 0.410 e. The van der Waals surface area contributed by atoms with Crippen LogP contribution in [0.1, 0.15) is 25.0 Å². The Bertz CT molecular complexity index is 1150. The molecule has 38 heavy (non-hydrogen) atoms. The topological polar surface area (TPSA) is 133 Å². The van der Waals surface area contributed by atoms with Gasteiger partial charge in [-0.3, -0.25) is 19.3 Å². The number of nitrogens with zero attached hydrogens (tertiary/aromatic N) is 2. The number of carboxylic acids is 1. The summed E-state index contributed by atoms with van der Waals surface area (Å²) in [5, 5.41) is 11.8. The molecule has 2 aromatic rings. The fourth-order valence-corrected chi connectivity index (χ4v) is 5.25. The van der Waals surface area contributed by atoms with E-state index in [0.29, 0.717) is 5.56 Å². The minimum atomic E-state index is -1.65. The summed E-state index contributed by atoms with van der Waals surface area (Å²) in [7, 11) is 0. The van der Waals surface area contributed by atoms with E-state index < -0.39 is 47.8 Å². The van der Waals surface area contributed by atoms with Gasteiger partial charge < -0.3 is 20.1 Å². The molecule has 10 nitrogen and oxygen atoms in total. The number of carboxylic acid groups (broad SMARTS) is 1. The van der Waals surface area contributed by atoms with Crippen molar-refractivity contribution in [2.45, 2.75) is 45.0 Å². The summed E-state index contributed by atoms with van der Waals surface area (Å²) in [6, 6.07) is 14.8. The molecule has 0 saturated carbocycles. The van der Waals surface area contributed by atoms with Gasteiger partial charge >= 0.3 is 12.1 Å². The third kappa shape index (κ3) is 7.34. The number of nitrogens with one attached hydrogen (secondary N) is 1. The van der Waals surface area contributed by atoms with Crippen LogP contribution in [0.15, 0.2) is 60.7 Å². The number of rotatable bonds is 11. The number of benzene rings is 2. The number of hydrogen-bond donors (Lipinski definition) is 2. The normalized spacial score (nSPS) is 16.3. The predicted octanol–water partition coefficient (Wildman–Crippen LogP) is 2.32. The van der Waals surface area contributed by atoms with Crippen molar-refractivity contribution in [3.05, 3.63) is 71.8 Å². The molecule has 1 heterocycles. The number of likely N-dealkylation sites (N-methyl/N-ethyl adjacent to an activating group) is 1. The molecule has 202 valence electrons. The van der Waals surface area contributed by atoms with Crippen molar-refractivity contribution in [2.24, 2.45) is 0 Å². The standard InChI is InChI=1S/C27H31N3O7S/c1-3-29(27(36)37-15-20-12-8-5-9-13-20)18(2)25(33)30-17-38-16-22(30)24(32)28-21(23(31)26(34)35)14-19-10-6-4-7-11-19/h4-13,18,21-22H,3,14-17H2,1-2H3,(H,28,32)(H,34,35)/t18-,21-,22-/m0/s1. The molecule has 1 fully saturated rings. The maximum absolute atomic E-state index is 13.4. The zero-order valence-corrected chi connectivity index (χ0v) is 22.1. The zero-order valence-electron chi connectivity index (χ0n) is 21.2. The number of amides is 3. The molecule has 3 rings (SSSR count). The van der Waals surface area contributed by atoms with Gasteiger partial charge in [0.1, 0.15) is 24.7 Å². The fourth-order valence-electron chi connectivity index (χ4n) is 4.09. The van der Waals surface area contributed by atoms with Crippen LogP contribution in [0.2, 0.25) is 0 Å². The van der Waals surface area contributed by atoms with Gasteiger partial charge in [0, 0.05) is 18.7 Å². The summed E-state index contributed by atoms with van der Waals surface area (Å²) in [6.45, 7) is 3.56. The zero-order chi connectivity index (χ0) is 27.7. The van der Waals surface area contributed by atoms with Crippen LogP contribution in [0.25, 0.3) is 0 Å². The predicted molar refractivity (Wildman–Crippen MR) is 141 cm³/mol. The second-order valence-corrected chi connectivity index (χ2v) is 9.75. The third-order valence-electron chi connectivity index (χ3n) is 6.20. The summed E-state index contributed by atoms with van der Waals surface area (Å²) in [5.74, 6) is -3.38. The van der Waals surface area contributed by atoms with Crippen molar-refractivity contribution in [1.29, 1.82) is 0 Å². The van der Waals surface area contributed by atoms with E-state index in [2.05, 4.69) is 5.32 Å². The highest BCUT2D eigenvalue weighted by Gasteiger charge is 2.40. The van der Waals surface area contributed by atoms with Crippen LogP contribution in [0.4, 0.5) is 4.79 Å². The summed E-state index contributed by atoms with van der Waals surface area (Å²) in [5.41, 5.74) is 1.49. The van der Waals surface area contributed by atoms with E-state index in [0.717, 1.165) is 5.56 Å². The summed E-state index contributed by atoms with van der Waals surface area (Å²) >= 11 is 1.35. The first-order valence-electron chi connectivity index (χ1n) is 12.2. The molecule has 1 saturated heterocycles. The highest BCUT2D eigenvalue weighted by molar-refractivity contribution is 7.99. The number of ketones is 1. The number of ether oxygens (including phenoxy) is 1. The number of hydrogen-bond acceptors (Lipinski definition) is 7. The van der Waals surface area contributed by atoms with Crippen LogP contribution in [0.3, 0.4) is 0 Å². The van der Waals surface area contributed by atoms with E-state index in [1.165, 1.54) is 21.6 Å². The lowest BCUT2D eigenvalue weighted by molar-refractivity contribution is -0.150. The van der Waals surface area contributed by atoms with Gasteiger partial charge in [-0.25, -0.2) is 9.59 Å². The molecular formula is C27H31N3O7S. The Labute approximate surface area is 225 Å². The number of thioether (sulfide) groups is 1. The Morgan fingerprint density at radius 3 is 2.24 bits per heavy atom. The van der Waals surface area contributed by atoms with E-state index in [1.54, 1.807) is 44.2 Å². The first-order chi connectivity index (χ1) is 18.2. The molecule has 3 amide bonds. The van der Waals surface area contributed by atoms with Crippen LogP contribution in [-0.2, 0) is 36.9 Å². The Morgan fingerprint density at radius 2 is 1.66 bits per heavy atom. The Kier molecular flexibility index (Phi) is 10.3. The molecule has 0 radical (unpaired) electrons. The van der Waals surface area contributed by atoms with Crippen LogP contribution in [0.5, 0.6) is 0 Å². The second-order valence-electron chi connectivity index (χ2n) is 8.75. The van der Waals surface area contributed by atoms with Gasteiger partial charge in [-0.05, 0) is 25.0 Å². The van der Waals surface area contributed by atoms with Crippen LogP contribution < -0.4 is 5.32 Å². The average molecular weight is 542 g/mol. The minimum absolute atomic E-state index is 0.00120. The number of aliphatic carboxylic acids is 1. The van der Waals surface area contributed by atoms with Crippen molar-refractivity contribution in [3.63, 3.8) is 0 Å². The highest BCUT2D eigenvalue weighted by atomic mass is 32.2. The van der Waals surface area contributed by atoms with Gasteiger partial charge in [-0.15, -0.1) is 11.8 Å². The van der Waals surface area contributed by atoms with E-state index in [1.807, 2.05) is 30.3 Å². The van der Waals surface area contributed by atoms with Crippen LogP contribution in [-0.4, -0.2) is 80.9 Å². The molecule has 0 aliphatic carbocycles. The molecular weight excluding hydrogens is 510 g/mol. The minimum Gasteiger partial charge on any atom is -0.475 e. The second kappa shape index (κ2) is 13.6. The molecule has 0 aromatic heterocycles.